The minimum atomic E-state index is -0.768. The fourth-order valence-electron chi connectivity index (χ4n) is 2.19. The number of nitrogens with one attached hydrogen (secondary N) is 1. The fraction of sp³-hybridized carbons (Fsp3) is 0.0556. The Kier molecular flexibility index (Phi) is 4.68. The van der Waals surface area contributed by atoms with Crippen molar-refractivity contribution in [1.29, 1.82) is 5.26 Å². The van der Waals surface area contributed by atoms with E-state index < -0.39 is 18.5 Å². The number of ether oxygens (including phenoxy) is 1. The summed E-state index contributed by atoms with van der Waals surface area (Å²) in [6.07, 6.45) is 0. The van der Waals surface area contributed by atoms with E-state index in [0.29, 0.717) is 27.2 Å². The summed E-state index contributed by atoms with van der Waals surface area (Å²) in [5, 5.41) is 12.7. The normalized spacial score (nSPS) is 10.2. The molecule has 6 nitrogen and oxygen atoms in total. The van der Waals surface area contributed by atoms with E-state index in [1.807, 2.05) is 6.07 Å². The molecular weight excluding hydrogens is 344 g/mol. The summed E-state index contributed by atoms with van der Waals surface area (Å²) in [6, 6.07) is 14.9. The topological polar surface area (TPSA) is 92.3 Å². The van der Waals surface area contributed by atoms with Crippen molar-refractivity contribution in [3.8, 4) is 6.07 Å². The van der Waals surface area contributed by atoms with Crippen LogP contribution >= 0.6 is 11.6 Å². The van der Waals surface area contributed by atoms with Gasteiger partial charge in [0.1, 0.15) is 11.7 Å². The minimum absolute atomic E-state index is 0.0255. The first-order valence-corrected chi connectivity index (χ1v) is 7.60. The van der Waals surface area contributed by atoms with E-state index in [1.54, 1.807) is 42.5 Å². The number of amides is 1. The van der Waals surface area contributed by atoms with Gasteiger partial charge in [-0.2, -0.15) is 5.26 Å². The first-order chi connectivity index (χ1) is 12.1. The van der Waals surface area contributed by atoms with Gasteiger partial charge in [0.2, 0.25) is 5.76 Å². The van der Waals surface area contributed by atoms with Crippen molar-refractivity contribution in [2.24, 2.45) is 0 Å². The monoisotopic (exact) mass is 354 g/mol. The van der Waals surface area contributed by atoms with Gasteiger partial charge in [-0.15, -0.1) is 0 Å². The molecule has 0 saturated heterocycles. The molecule has 0 radical (unpaired) electrons. The van der Waals surface area contributed by atoms with Gasteiger partial charge in [-0.25, -0.2) is 4.79 Å². The lowest BCUT2D eigenvalue weighted by molar-refractivity contribution is -0.119. The van der Waals surface area contributed by atoms with Gasteiger partial charge in [0.25, 0.3) is 5.91 Å². The van der Waals surface area contributed by atoms with Crippen LogP contribution in [0.4, 0.5) is 5.69 Å². The summed E-state index contributed by atoms with van der Waals surface area (Å²) in [5.41, 5.74) is 1.16. The fourth-order valence-corrected chi connectivity index (χ4v) is 2.37. The molecule has 0 fully saturated rings. The van der Waals surface area contributed by atoms with Crippen molar-refractivity contribution in [2.75, 3.05) is 11.9 Å². The zero-order valence-electron chi connectivity index (χ0n) is 12.8. The number of esters is 1. The van der Waals surface area contributed by atoms with Crippen LogP contribution in [-0.4, -0.2) is 18.5 Å². The molecule has 1 heterocycles. The van der Waals surface area contributed by atoms with Crippen molar-refractivity contribution in [2.45, 2.75) is 0 Å². The molecule has 3 rings (SSSR count). The highest BCUT2D eigenvalue weighted by atomic mass is 35.5. The molecule has 3 aromatic rings. The molecule has 0 aliphatic carbocycles. The molecule has 25 heavy (non-hydrogen) atoms. The number of nitriles is 1. The third kappa shape index (κ3) is 3.79. The Morgan fingerprint density at radius 1 is 1.20 bits per heavy atom. The van der Waals surface area contributed by atoms with Crippen LogP contribution in [0.2, 0.25) is 5.02 Å². The quantitative estimate of drug-likeness (QED) is 0.720. The van der Waals surface area contributed by atoms with E-state index >= 15 is 0 Å². The Hall–Kier alpha value is -3.30. The van der Waals surface area contributed by atoms with Crippen LogP contribution in [0.3, 0.4) is 0 Å². The Bertz CT molecular complexity index is 1000. The summed E-state index contributed by atoms with van der Waals surface area (Å²) >= 11 is 5.88. The van der Waals surface area contributed by atoms with Crippen LogP contribution in [0, 0.1) is 11.3 Å². The SMILES string of the molecule is N#Cc1ccccc1NC(=O)COC(=O)c1cc2cc(Cl)ccc2o1. The number of halogens is 1. The highest BCUT2D eigenvalue weighted by molar-refractivity contribution is 6.31. The first-order valence-electron chi connectivity index (χ1n) is 7.22. The van der Waals surface area contributed by atoms with E-state index in [9.17, 15) is 9.59 Å². The Morgan fingerprint density at radius 2 is 2.00 bits per heavy atom. The summed E-state index contributed by atoms with van der Waals surface area (Å²) in [6.45, 7) is -0.504. The van der Waals surface area contributed by atoms with Crippen LogP contribution in [-0.2, 0) is 9.53 Å². The van der Waals surface area contributed by atoms with E-state index in [0.717, 1.165) is 0 Å². The molecule has 0 aliphatic heterocycles. The summed E-state index contributed by atoms with van der Waals surface area (Å²) < 4.78 is 10.3. The van der Waals surface area contributed by atoms with E-state index in [2.05, 4.69) is 5.32 Å². The summed E-state index contributed by atoms with van der Waals surface area (Å²) in [5.74, 6) is -1.35. The molecule has 1 amide bonds. The second kappa shape index (κ2) is 7.07. The zero-order valence-corrected chi connectivity index (χ0v) is 13.5. The van der Waals surface area contributed by atoms with Gasteiger partial charge in [0, 0.05) is 10.4 Å². The van der Waals surface area contributed by atoms with Gasteiger partial charge in [0.15, 0.2) is 6.61 Å². The third-order valence-electron chi connectivity index (χ3n) is 3.34. The number of para-hydroxylation sites is 1. The lowest BCUT2D eigenvalue weighted by Gasteiger charge is -2.06. The number of fused-ring (bicyclic) bond motifs is 1. The summed E-state index contributed by atoms with van der Waals surface area (Å²) in [7, 11) is 0. The van der Waals surface area contributed by atoms with Gasteiger partial charge >= 0.3 is 5.97 Å². The van der Waals surface area contributed by atoms with Gasteiger partial charge in [0.05, 0.1) is 11.3 Å². The van der Waals surface area contributed by atoms with Crippen molar-refractivity contribution >= 4 is 40.1 Å². The number of hydrogen-bond donors (Lipinski definition) is 1. The smallest absolute Gasteiger partial charge is 0.374 e. The van der Waals surface area contributed by atoms with Crippen molar-refractivity contribution in [3.05, 3.63) is 64.9 Å². The molecule has 1 N–H and O–H groups in total. The molecule has 1 aromatic heterocycles. The largest absolute Gasteiger partial charge is 0.450 e. The number of anilines is 1. The standard InChI is InChI=1S/C18H11ClN2O4/c19-13-5-6-15-12(7-13)8-16(25-15)18(23)24-10-17(22)21-14-4-2-1-3-11(14)9-20/h1-8H,10H2,(H,21,22). The van der Waals surface area contributed by atoms with Gasteiger partial charge in [-0.05, 0) is 36.4 Å². The Labute approximate surface area is 147 Å². The molecule has 2 aromatic carbocycles. The third-order valence-corrected chi connectivity index (χ3v) is 3.57. The molecule has 7 heteroatoms. The second-order valence-electron chi connectivity index (χ2n) is 5.07. The molecule has 0 aliphatic rings. The zero-order chi connectivity index (χ0) is 17.8. The average molecular weight is 355 g/mol. The van der Waals surface area contributed by atoms with Crippen LogP contribution in [0.25, 0.3) is 11.0 Å². The number of rotatable bonds is 4. The van der Waals surface area contributed by atoms with E-state index in [4.69, 9.17) is 26.0 Å². The predicted octanol–water partition coefficient (Wildman–Crippen LogP) is 3.75. The highest BCUT2D eigenvalue weighted by Crippen LogP contribution is 2.23. The van der Waals surface area contributed by atoms with E-state index in [1.165, 1.54) is 6.07 Å². The lowest BCUT2D eigenvalue weighted by atomic mass is 10.2. The van der Waals surface area contributed by atoms with Crippen LogP contribution in [0.15, 0.2) is 52.9 Å². The van der Waals surface area contributed by atoms with E-state index in [-0.39, 0.29) is 5.76 Å². The summed E-state index contributed by atoms with van der Waals surface area (Å²) in [4.78, 5) is 23.9. The Balaban J connectivity index is 1.63. The van der Waals surface area contributed by atoms with Crippen LogP contribution in [0.5, 0.6) is 0 Å². The molecule has 0 atom stereocenters. The van der Waals surface area contributed by atoms with Crippen LogP contribution < -0.4 is 5.32 Å². The highest BCUT2D eigenvalue weighted by Gasteiger charge is 2.16. The number of carbonyl (C=O) groups excluding carboxylic acids is 2. The lowest BCUT2D eigenvalue weighted by Crippen LogP contribution is -2.21. The number of furan rings is 1. The number of hydrogen-bond acceptors (Lipinski definition) is 5. The maximum Gasteiger partial charge on any atom is 0.374 e. The average Bonchev–Trinajstić information content (AvgIpc) is 3.03. The van der Waals surface area contributed by atoms with Gasteiger partial charge in [-0.1, -0.05) is 23.7 Å². The molecule has 0 saturated carbocycles. The molecule has 0 bridgehead atoms. The van der Waals surface area contributed by atoms with Gasteiger partial charge < -0.3 is 14.5 Å². The predicted molar refractivity (Wildman–Crippen MR) is 91.3 cm³/mol. The van der Waals surface area contributed by atoms with Gasteiger partial charge in [-0.3, -0.25) is 4.79 Å². The number of benzene rings is 2. The van der Waals surface area contributed by atoms with Crippen molar-refractivity contribution < 1.29 is 18.7 Å². The molecule has 124 valence electrons. The maximum absolute atomic E-state index is 12.0. The first kappa shape index (κ1) is 16.6. The molecule has 0 unspecified atom stereocenters. The van der Waals surface area contributed by atoms with Crippen molar-refractivity contribution in [1.82, 2.24) is 0 Å². The maximum atomic E-state index is 12.0. The Morgan fingerprint density at radius 3 is 2.80 bits per heavy atom. The van der Waals surface area contributed by atoms with Crippen molar-refractivity contribution in [3.63, 3.8) is 0 Å². The molecular formula is C18H11ClN2O4. The molecule has 0 spiro atoms. The minimum Gasteiger partial charge on any atom is -0.450 e. The number of carbonyl (C=O) groups is 2. The second-order valence-corrected chi connectivity index (χ2v) is 5.51. The number of nitrogens with zero attached hydrogens (tertiary/aromatic N) is 1. The van der Waals surface area contributed by atoms with Crippen LogP contribution in [0.1, 0.15) is 16.1 Å².